The minimum atomic E-state index is -4.03. The van der Waals surface area contributed by atoms with Crippen molar-refractivity contribution in [2.45, 2.75) is 31.2 Å². The Balaban J connectivity index is 1.77. The maximum absolute atomic E-state index is 13.1. The summed E-state index contributed by atoms with van der Waals surface area (Å²) in [5.74, 6) is -1.39. The van der Waals surface area contributed by atoms with Crippen LogP contribution in [0.25, 0.3) is 10.6 Å². The summed E-state index contributed by atoms with van der Waals surface area (Å²) < 4.78 is 41.9. The first-order valence-electron chi connectivity index (χ1n) is 9.38. The third-order valence-electron chi connectivity index (χ3n) is 4.65. The van der Waals surface area contributed by atoms with Gasteiger partial charge in [-0.15, -0.1) is 10.2 Å². The number of nitrogens with zero attached hydrogens (tertiary/aromatic N) is 2. The molecule has 2 unspecified atom stereocenters. The zero-order valence-electron chi connectivity index (χ0n) is 16.7. The molecule has 0 spiro atoms. The van der Waals surface area contributed by atoms with E-state index in [9.17, 15) is 17.6 Å². The summed E-state index contributed by atoms with van der Waals surface area (Å²) in [4.78, 5) is 12.8. The highest BCUT2D eigenvalue weighted by Crippen LogP contribution is 2.28. The lowest BCUT2D eigenvalue weighted by molar-refractivity contribution is -0.118. The van der Waals surface area contributed by atoms with Gasteiger partial charge in [0, 0.05) is 10.0 Å². The Morgan fingerprint density at radius 3 is 2.39 bits per heavy atom. The molecule has 0 saturated carbocycles. The second-order valence-electron chi connectivity index (χ2n) is 6.85. The van der Waals surface area contributed by atoms with Gasteiger partial charge in [-0.05, 0) is 42.3 Å². The van der Waals surface area contributed by atoms with Crippen molar-refractivity contribution in [3.63, 3.8) is 0 Å². The zero-order chi connectivity index (χ0) is 22.6. The van der Waals surface area contributed by atoms with Gasteiger partial charge in [0.2, 0.25) is 21.1 Å². The molecule has 164 valence electrons. The van der Waals surface area contributed by atoms with E-state index in [1.54, 1.807) is 6.92 Å². The highest BCUT2D eigenvalue weighted by molar-refractivity contribution is 9.10. The van der Waals surface area contributed by atoms with Gasteiger partial charge >= 0.3 is 0 Å². The Hall–Kier alpha value is -2.21. The third-order valence-corrected chi connectivity index (χ3v) is 7.52. The number of sulfonamides is 1. The first-order valence-corrected chi connectivity index (χ1v) is 12.5. The lowest BCUT2D eigenvalue weighted by Gasteiger charge is -2.22. The molecule has 0 fully saturated rings. The summed E-state index contributed by atoms with van der Waals surface area (Å²) >= 11 is 4.56. The fourth-order valence-corrected chi connectivity index (χ4v) is 5.00. The number of anilines is 1. The van der Waals surface area contributed by atoms with Crippen molar-refractivity contribution in [3.8, 4) is 10.6 Å². The van der Waals surface area contributed by atoms with Crippen molar-refractivity contribution < 1.29 is 17.6 Å². The van der Waals surface area contributed by atoms with Crippen LogP contribution in [0.15, 0.2) is 57.9 Å². The lowest BCUT2D eigenvalue weighted by atomic mass is 9.99. The van der Waals surface area contributed by atoms with Crippen LogP contribution < -0.4 is 10.0 Å². The van der Waals surface area contributed by atoms with Crippen LogP contribution in [0.1, 0.15) is 20.3 Å². The first kappa shape index (κ1) is 23.5. The Bertz CT molecular complexity index is 1150. The van der Waals surface area contributed by atoms with Crippen LogP contribution in [0.5, 0.6) is 0 Å². The molecule has 31 heavy (non-hydrogen) atoms. The maximum Gasteiger partial charge on any atom is 0.244 e. The van der Waals surface area contributed by atoms with Gasteiger partial charge in [-0.25, -0.2) is 12.8 Å². The first-order chi connectivity index (χ1) is 14.7. The van der Waals surface area contributed by atoms with Crippen LogP contribution in [-0.4, -0.2) is 30.6 Å². The molecule has 2 N–H and O–H groups in total. The molecule has 0 aliphatic carbocycles. The maximum atomic E-state index is 13.1. The summed E-state index contributed by atoms with van der Waals surface area (Å²) in [7, 11) is -4.03. The van der Waals surface area contributed by atoms with Crippen molar-refractivity contribution in [3.05, 3.63) is 58.8 Å². The molecule has 0 bridgehead atoms. The molecule has 3 aromatic rings. The molecule has 11 heteroatoms. The molecule has 0 radical (unpaired) electrons. The number of benzene rings is 2. The molecule has 0 saturated heterocycles. The highest BCUT2D eigenvalue weighted by atomic mass is 79.9. The predicted octanol–water partition coefficient (Wildman–Crippen LogP) is 4.44. The van der Waals surface area contributed by atoms with E-state index in [4.69, 9.17) is 0 Å². The van der Waals surface area contributed by atoms with Crippen LogP contribution in [0.3, 0.4) is 0 Å². The van der Waals surface area contributed by atoms with Gasteiger partial charge in [0.1, 0.15) is 16.9 Å². The summed E-state index contributed by atoms with van der Waals surface area (Å²) in [6.07, 6.45) is 0.560. The fourth-order valence-electron chi connectivity index (χ4n) is 2.68. The normalized spacial score (nSPS) is 13.5. The summed E-state index contributed by atoms with van der Waals surface area (Å²) in [5.41, 5.74) is 0.844. The van der Waals surface area contributed by atoms with Gasteiger partial charge in [-0.1, -0.05) is 59.7 Å². The molecule has 1 heterocycles. The number of nitrogens with one attached hydrogen (secondary N) is 2. The average Bonchev–Trinajstić information content (AvgIpc) is 3.20. The minimum Gasteiger partial charge on any atom is -0.299 e. The second kappa shape index (κ2) is 9.94. The smallest absolute Gasteiger partial charge is 0.244 e. The van der Waals surface area contributed by atoms with Gasteiger partial charge in [-0.2, -0.15) is 4.72 Å². The van der Waals surface area contributed by atoms with Crippen molar-refractivity contribution in [1.82, 2.24) is 14.9 Å². The molecule has 3 rings (SSSR count). The van der Waals surface area contributed by atoms with E-state index in [0.717, 1.165) is 34.3 Å². The van der Waals surface area contributed by atoms with Gasteiger partial charge in [0.25, 0.3) is 0 Å². The number of carbonyl (C=O) groups excluding carboxylic acids is 1. The van der Waals surface area contributed by atoms with Crippen LogP contribution in [0, 0.1) is 11.7 Å². The Kier molecular flexibility index (Phi) is 7.52. The van der Waals surface area contributed by atoms with Crippen molar-refractivity contribution in [2.75, 3.05) is 5.32 Å². The van der Waals surface area contributed by atoms with E-state index in [0.29, 0.717) is 11.4 Å². The van der Waals surface area contributed by atoms with Crippen LogP contribution >= 0.6 is 27.3 Å². The number of amides is 1. The van der Waals surface area contributed by atoms with Gasteiger partial charge in [0.15, 0.2) is 0 Å². The van der Waals surface area contributed by atoms with E-state index in [1.165, 1.54) is 11.3 Å². The van der Waals surface area contributed by atoms with Crippen LogP contribution in [0.4, 0.5) is 9.52 Å². The van der Waals surface area contributed by atoms with Crippen molar-refractivity contribution in [1.29, 1.82) is 0 Å². The SMILES string of the molecule is CCC(C)C(NS(=O)(=O)c1ccc(F)cc1)C(=O)Nc1nnc(-c2ccc(Br)cc2)s1. The molecule has 1 amide bonds. The summed E-state index contributed by atoms with van der Waals surface area (Å²) in [6, 6.07) is 10.9. The van der Waals surface area contributed by atoms with E-state index >= 15 is 0 Å². The number of rotatable bonds is 8. The van der Waals surface area contributed by atoms with E-state index in [2.05, 4.69) is 36.2 Å². The monoisotopic (exact) mass is 526 g/mol. The zero-order valence-corrected chi connectivity index (χ0v) is 19.9. The molecule has 2 aromatic carbocycles. The molecule has 0 aliphatic rings. The van der Waals surface area contributed by atoms with Gasteiger partial charge in [-0.3, -0.25) is 10.1 Å². The minimum absolute atomic E-state index is 0.122. The number of halogens is 2. The largest absolute Gasteiger partial charge is 0.299 e. The second-order valence-corrected chi connectivity index (χ2v) is 10.5. The number of hydrogen-bond donors (Lipinski definition) is 2. The quantitative estimate of drug-likeness (QED) is 0.451. The topological polar surface area (TPSA) is 101 Å². The Morgan fingerprint density at radius 1 is 1.13 bits per heavy atom. The summed E-state index contributed by atoms with van der Waals surface area (Å²) in [5, 5.41) is 11.6. The van der Waals surface area contributed by atoms with E-state index in [1.807, 2.05) is 31.2 Å². The Labute approximate surface area is 192 Å². The number of hydrogen-bond acceptors (Lipinski definition) is 6. The molecule has 7 nitrogen and oxygen atoms in total. The molecule has 1 aromatic heterocycles. The number of carbonyl (C=O) groups is 1. The molecule has 0 aliphatic heterocycles. The van der Waals surface area contributed by atoms with Gasteiger partial charge < -0.3 is 0 Å². The lowest BCUT2D eigenvalue weighted by Crippen LogP contribution is -2.47. The van der Waals surface area contributed by atoms with Crippen LogP contribution in [-0.2, 0) is 14.8 Å². The highest BCUT2D eigenvalue weighted by Gasteiger charge is 2.30. The van der Waals surface area contributed by atoms with Crippen molar-refractivity contribution in [2.24, 2.45) is 5.92 Å². The van der Waals surface area contributed by atoms with Gasteiger partial charge in [0.05, 0.1) is 4.90 Å². The fraction of sp³-hybridized carbons (Fsp3) is 0.250. The molecular weight excluding hydrogens is 507 g/mol. The Morgan fingerprint density at radius 2 is 1.77 bits per heavy atom. The summed E-state index contributed by atoms with van der Waals surface area (Å²) in [6.45, 7) is 3.62. The van der Waals surface area contributed by atoms with E-state index < -0.39 is 27.8 Å². The average molecular weight is 527 g/mol. The number of aromatic nitrogens is 2. The predicted molar refractivity (Wildman–Crippen MR) is 122 cm³/mol. The molecular formula is C20H20BrFN4O3S2. The molecule has 2 atom stereocenters. The standard InChI is InChI=1S/C20H20BrFN4O3S2/c1-3-12(2)17(26-31(28,29)16-10-8-15(22)9-11-16)18(27)23-20-25-24-19(30-20)13-4-6-14(21)7-5-13/h4-12,17,26H,3H2,1-2H3,(H,23,25,27). The van der Waals surface area contributed by atoms with E-state index in [-0.39, 0.29) is 15.9 Å². The third kappa shape index (κ3) is 5.94. The van der Waals surface area contributed by atoms with Crippen LogP contribution in [0.2, 0.25) is 0 Å². The van der Waals surface area contributed by atoms with Crippen molar-refractivity contribution >= 4 is 48.3 Å².